The van der Waals surface area contributed by atoms with E-state index in [4.69, 9.17) is 5.26 Å². The third-order valence-electron chi connectivity index (χ3n) is 0.992. The van der Waals surface area contributed by atoms with E-state index in [0.29, 0.717) is 0 Å². The predicted molar refractivity (Wildman–Crippen MR) is 61.5 cm³/mol. The molecule has 1 heteroatoms. The van der Waals surface area contributed by atoms with Crippen molar-refractivity contribution in [2.45, 2.75) is 48.5 Å². The molecule has 0 aromatic carbocycles. The molecule has 0 aliphatic rings. The first-order valence-corrected chi connectivity index (χ1v) is 4.92. The molecule has 0 heterocycles. The minimum absolute atomic E-state index is 0.762. The Morgan fingerprint density at radius 2 is 1.46 bits per heavy atom. The fraction of sp³-hybridized carbons (Fsp3) is 0.583. The number of nitriles is 1. The second kappa shape index (κ2) is 17.2. The average molecular weight is 181 g/mol. The lowest BCUT2D eigenvalue weighted by atomic mass is 10.1. The maximum Gasteiger partial charge on any atom is 0.0990 e. The van der Waals surface area contributed by atoms with Crippen LogP contribution in [0.2, 0.25) is 0 Å². The van der Waals surface area contributed by atoms with E-state index in [1.807, 2.05) is 60.6 Å². The van der Waals surface area contributed by atoms with E-state index >= 15 is 0 Å². The van der Waals surface area contributed by atoms with E-state index in [1.165, 1.54) is 0 Å². The Bertz CT molecular complexity index is 176. The van der Waals surface area contributed by atoms with Crippen LogP contribution in [0.3, 0.4) is 0 Å². The lowest BCUT2D eigenvalue weighted by molar-refractivity contribution is 1.33. The fourth-order valence-corrected chi connectivity index (χ4v) is 0.482. The van der Waals surface area contributed by atoms with Crippen molar-refractivity contribution in [1.82, 2.24) is 0 Å². The Hall–Kier alpha value is -1.03. The lowest BCUT2D eigenvalue weighted by Gasteiger charge is -1.88. The van der Waals surface area contributed by atoms with Gasteiger partial charge in [0.25, 0.3) is 0 Å². The third-order valence-corrected chi connectivity index (χ3v) is 0.992. The van der Waals surface area contributed by atoms with Crippen LogP contribution in [0.25, 0.3) is 0 Å². The summed E-state index contributed by atoms with van der Waals surface area (Å²) in [6.07, 6.45) is 3.68. The molecule has 13 heavy (non-hydrogen) atoms. The second-order valence-corrected chi connectivity index (χ2v) is 2.03. The highest BCUT2D eigenvalue weighted by molar-refractivity contribution is 5.35. The van der Waals surface area contributed by atoms with E-state index in [1.54, 1.807) is 0 Å². The summed E-state index contributed by atoms with van der Waals surface area (Å²) >= 11 is 0. The predicted octanol–water partition coefficient (Wildman–Crippen LogP) is 4.47. The van der Waals surface area contributed by atoms with Gasteiger partial charge in [0.2, 0.25) is 0 Å². The zero-order chi connectivity index (χ0) is 11.3. The van der Waals surface area contributed by atoms with Gasteiger partial charge in [-0.25, -0.2) is 0 Å². The highest BCUT2D eigenvalue weighted by atomic mass is 14.2. The van der Waals surface area contributed by atoms with Crippen molar-refractivity contribution >= 4 is 0 Å². The van der Waals surface area contributed by atoms with Crippen molar-refractivity contribution in [3.8, 4) is 6.07 Å². The monoisotopic (exact) mass is 181 g/mol. The zero-order valence-electron chi connectivity index (χ0n) is 10.1. The van der Waals surface area contributed by atoms with Crippen LogP contribution in [-0.2, 0) is 0 Å². The topological polar surface area (TPSA) is 23.8 Å². The molecule has 0 aromatic rings. The summed E-state index contributed by atoms with van der Waals surface area (Å²) in [5.41, 5.74) is 1.83. The number of hydrogen-bond donors (Lipinski definition) is 0. The molecule has 0 aliphatic heterocycles. The van der Waals surface area contributed by atoms with Gasteiger partial charge < -0.3 is 0 Å². The van der Waals surface area contributed by atoms with Crippen molar-refractivity contribution in [2.24, 2.45) is 0 Å². The Morgan fingerprint density at radius 1 is 1.08 bits per heavy atom. The number of nitrogens with zero attached hydrogens (tertiary/aromatic N) is 1. The first-order valence-electron chi connectivity index (χ1n) is 4.92. The Labute approximate surface area is 83.8 Å². The molecule has 0 bridgehead atoms. The summed E-state index contributed by atoms with van der Waals surface area (Å²) in [4.78, 5) is 0. The molecular weight excluding hydrogens is 158 g/mol. The summed E-state index contributed by atoms with van der Waals surface area (Å²) in [7, 11) is 0. The van der Waals surface area contributed by atoms with Gasteiger partial charge in [-0.1, -0.05) is 39.3 Å². The van der Waals surface area contributed by atoms with E-state index in [9.17, 15) is 0 Å². The Kier molecular flexibility index (Phi) is 23.6. The minimum Gasteiger partial charge on any atom is -0.192 e. The van der Waals surface area contributed by atoms with Crippen molar-refractivity contribution < 1.29 is 0 Å². The summed E-state index contributed by atoms with van der Waals surface area (Å²) in [6.45, 7) is 13.8. The molecule has 0 spiro atoms. The molecule has 0 atom stereocenters. The van der Waals surface area contributed by atoms with Gasteiger partial charge in [-0.3, -0.25) is 0 Å². The minimum atomic E-state index is 0.762. The van der Waals surface area contributed by atoms with Crippen LogP contribution < -0.4 is 0 Å². The van der Waals surface area contributed by atoms with Crippen LogP contribution >= 0.6 is 0 Å². The summed E-state index contributed by atoms with van der Waals surface area (Å²) in [5.74, 6) is 0. The van der Waals surface area contributed by atoms with Gasteiger partial charge in [0, 0.05) is 0 Å². The third kappa shape index (κ3) is 13.9. The molecule has 0 unspecified atom stereocenters. The molecule has 0 aliphatic carbocycles. The SMILES string of the molecule is C/C=C\C(C#N)=C(C)C.CC.CC. The van der Waals surface area contributed by atoms with Crippen molar-refractivity contribution in [2.75, 3.05) is 0 Å². The number of rotatable bonds is 1. The van der Waals surface area contributed by atoms with Crippen molar-refractivity contribution in [3.63, 3.8) is 0 Å². The first kappa shape index (κ1) is 17.9. The molecule has 0 N–H and O–H groups in total. The zero-order valence-corrected chi connectivity index (χ0v) is 10.1. The van der Waals surface area contributed by atoms with Crippen molar-refractivity contribution in [1.29, 1.82) is 5.26 Å². The summed E-state index contributed by atoms with van der Waals surface area (Å²) in [6, 6.07) is 2.10. The van der Waals surface area contributed by atoms with E-state index < -0.39 is 0 Å². The molecular formula is C12H23N. The van der Waals surface area contributed by atoms with Gasteiger partial charge in [0.05, 0.1) is 11.6 Å². The van der Waals surface area contributed by atoms with Crippen LogP contribution in [0.15, 0.2) is 23.3 Å². The van der Waals surface area contributed by atoms with Gasteiger partial charge >= 0.3 is 0 Å². The standard InChI is InChI=1S/C8H11N.2C2H6/c1-4-5-8(6-9)7(2)3;2*1-2/h4-5H,1-3H3;2*1-2H3/b5-4-;;. The lowest BCUT2D eigenvalue weighted by Crippen LogP contribution is -1.74. The molecule has 0 amide bonds. The molecule has 0 radical (unpaired) electrons. The molecule has 0 fully saturated rings. The van der Waals surface area contributed by atoms with Gasteiger partial charge in [-0.15, -0.1) is 0 Å². The molecule has 1 nitrogen and oxygen atoms in total. The number of hydrogen-bond acceptors (Lipinski definition) is 1. The highest BCUT2D eigenvalue weighted by Crippen LogP contribution is 2.02. The smallest absolute Gasteiger partial charge is 0.0990 e. The van der Waals surface area contributed by atoms with Gasteiger partial charge in [-0.2, -0.15) is 5.26 Å². The summed E-state index contributed by atoms with van der Waals surface area (Å²) < 4.78 is 0. The van der Waals surface area contributed by atoms with Crippen LogP contribution in [-0.4, -0.2) is 0 Å². The summed E-state index contributed by atoms with van der Waals surface area (Å²) in [5, 5.41) is 8.47. The molecule has 0 rings (SSSR count). The molecule has 0 saturated heterocycles. The van der Waals surface area contributed by atoms with E-state index in [-0.39, 0.29) is 0 Å². The van der Waals surface area contributed by atoms with Crippen LogP contribution in [0.4, 0.5) is 0 Å². The van der Waals surface area contributed by atoms with Crippen LogP contribution in [0, 0.1) is 11.3 Å². The number of allylic oxidation sites excluding steroid dienone is 4. The average Bonchev–Trinajstić information content (AvgIpc) is 2.20. The second-order valence-electron chi connectivity index (χ2n) is 2.03. The normalized spacial score (nSPS) is 7.23. The maximum atomic E-state index is 8.47. The fourth-order valence-electron chi connectivity index (χ4n) is 0.482. The van der Waals surface area contributed by atoms with E-state index in [0.717, 1.165) is 11.1 Å². The maximum absolute atomic E-state index is 8.47. The highest BCUT2D eigenvalue weighted by Gasteiger charge is 1.88. The quantitative estimate of drug-likeness (QED) is 0.432. The van der Waals surface area contributed by atoms with Crippen LogP contribution in [0.5, 0.6) is 0 Å². The largest absolute Gasteiger partial charge is 0.192 e. The van der Waals surface area contributed by atoms with Gasteiger partial charge in [0.15, 0.2) is 0 Å². The first-order chi connectivity index (χ1) is 6.22. The van der Waals surface area contributed by atoms with Gasteiger partial charge in [-0.05, 0) is 26.8 Å². The van der Waals surface area contributed by atoms with Crippen LogP contribution in [0.1, 0.15) is 48.5 Å². The van der Waals surface area contributed by atoms with Gasteiger partial charge in [0.1, 0.15) is 0 Å². The van der Waals surface area contributed by atoms with E-state index in [2.05, 4.69) is 6.07 Å². The Morgan fingerprint density at radius 3 is 1.54 bits per heavy atom. The van der Waals surface area contributed by atoms with Crippen molar-refractivity contribution in [3.05, 3.63) is 23.3 Å². The molecule has 76 valence electrons. The molecule has 0 saturated carbocycles. The molecule has 0 aromatic heterocycles. The Balaban J connectivity index is -0.000000218.